The van der Waals surface area contributed by atoms with Crippen LogP contribution in [0, 0.1) is 11.2 Å². The molecule has 0 aliphatic carbocycles. The molecule has 0 aromatic heterocycles. The lowest BCUT2D eigenvalue weighted by Crippen LogP contribution is -2.40. The SMILES string of the molecule is CC(C)(CN)C(F)(F)c1cc(Cl)ccc1F. The number of alkyl halides is 2. The summed E-state index contributed by atoms with van der Waals surface area (Å²) in [5.74, 6) is -4.34. The van der Waals surface area contributed by atoms with Gasteiger partial charge in [-0.25, -0.2) is 13.2 Å². The third-order valence-electron chi connectivity index (χ3n) is 2.63. The van der Waals surface area contributed by atoms with Crippen LogP contribution in [-0.4, -0.2) is 6.54 Å². The maximum Gasteiger partial charge on any atom is 0.282 e. The van der Waals surface area contributed by atoms with Gasteiger partial charge in [-0.1, -0.05) is 25.4 Å². The zero-order valence-electron chi connectivity index (χ0n) is 9.03. The number of hydrogen-bond acceptors (Lipinski definition) is 1. The molecule has 1 nitrogen and oxygen atoms in total. The molecule has 1 aromatic rings. The second-order valence-electron chi connectivity index (χ2n) is 4.29. The van der Waals surface area contributed by atoms with Crippen molar-refractivity contribution in [2.24, 2.45) is 11.1 Å². The highest BCUT2D eigenvalue weighted by atomic mass is 35.5. The molecule has 0 bridgehead atoms. The van der Waals surface area contributed by atoms with Gasteiger partial charge in [-0.2, -0.15) is 0 Å². The fraction of sp³-hybridized carbons (Fsp3) is 0.455. The smallest absolute Gasteiger partial charge is 0.282 e. The molecule has 0 radical (unpaired) electrons. The Bertz CT molecular complexity index is 391. The number of hydrogen-bond donors (Lipinski definition) is 1. The molecule has 0 amide bonds. The summed E-state index contributed by atoms with van der Waals surface area (Å²) < 4.78 is 41.3. The van der Waals surface area contributed by atoms with Crippen molar-refractivity contribution < 1.29 is 13.2 Å². The first kappa shape index (κ1) is 13.3. The van der Waals surface area contributed by atoms with Gasteiger partial charge in [0.1, 0.15) is 5.82 Å². The van der Waals surface area contributed by atoms with Crippen LogP contribution in [0.3, 0.4) is 0 Å². The molecule has 0 fully saturated rings. The largest absolute Gasteiger partial charge is 0.330 e. The highest BCUT2D eigenvalue weighted by Crippen LogP contribution is 2.45. The van der Waals surface area contributed by atoms with Crippen molar-refractivity contribution in [2.75, 3.05) is 6.54 Å². The Labute approximate surface area is 97.4 Å². The van der Waals surface area contributed by atoms with Crippen LogP contribution < -0.4 is 5.73 Å². The fourth-order valence-corrected chi connectivity index (χ4v) is 1.40. The van der Waals surface area contributed by atoms with E-state index < -0.39 is 22.7 Å². The zero-order valence-corrected chi connectivity index (χ0v) is 9.78. The predicted molar refractivity (Wildman–Crippen MR) is 58.1 cm³/mol. The summed E-state index contributed by atoms with van der Waals surface area (Å²) in [6.45, 7) is 2.31. The van der Waals surface area contributed by atoms with Crippen molar-refractivity contribution in [3.63, 3.8) is 0 Å². The summed E-state index contributed by atoms with van der Waals surface area (Å²) in [7, 11) is 0. The zero-order chi connectivity index (χ0) is 12.6. The van der Waals surface area contributed by atoms with Gasteiger partial charge in [0, 0.05) is 17.0 Å². The van der Waals surface area contributed by atoms with E-state index in [9.17, 15) is 13.2 Å². The number of benzene rings is 1. The molecule has 5 heteroatoms. The van der Waals surface area contributed by atoms with E-state index >= 15 is 0 Å². The van der Waals surface area contributed by atoms with Gasteiger partial charge < -0.3 is 5.73 Å². The van der Waals surface area contributed by atoms with Crippen molar-refractivity contribution in [1.82, 2.24) is 0 Å². The van der Waals surface area contributed by atoms with Gasteiger partial charge in [0.25, 0.3) is 5.92 Å². The van der Waals surface area contributed by atoms with Crippen molar-refractivity contribution in [3.8, 4) is 0 Å². The van der Waals surface area contributed by atoms with Crippen LogP contribution in [0.2, 0.25) is 5.02 Å². The molecule has 0 spiro atoms. The molecule has 16 heavy (non-hydrogen) atoms. The minimum absolute atomic E-state index is 0.0731. The van der Waals surface area contributed by atoms with E-state index in [1.165, 1.54) is 19.9 Å². The maximum atomic E-state index is 14.0. The van der Waals surface area contributed by atoms with Crippen molar-refractivity contribution in [3.05, 3.63) is 34.6 Å². The first-order valence-electron chi connectivity index (χ1n) is 4.76. The molecule has 2 N–H and O–H groups in total. The molecule has 0 saturated heterocycles. The molecular weight excluding hydrogens is 239 g/mol. The Hall–Kier alpha value is -0.740. The number of halogens is 4. The van der Waals surface area contributed by atoms with E-state index in [-0.39, 0.29) is 11.6 Å². The maximum absolute atomic E-state index is 14.0. The van der Waals surface area contributed by atoms with Crippen LogP contribution >= 0.6 is 11.6 Å². The summed E-state index contributed by atoms with van der Waals surface area (Å²) in [5, 5.41) is 0.0731. The molecule has 0 aliphatic heterocycles. The Morgan fingerprint density at radius 3 is 2.38 bits per heavy atom. The fourth-order valence-electron chi connectivity index (χ4n) is 1.23. The standard InChI is InChI=1S/C11H13ClF3N/c1-10(2,6-16)11(14,15)8-5-7(12)3-4-9(8)13/h3-5H,6,16H2,1-2H3. The first-order chi connectivity index (χ1) is 7.22. The van der Waals surface area contributed by atoms with Crippen molar-refractivity contribution in [1.29, 1.82) is 0 Å². The molecular formula is C11H13ClF3N. The van der Waals surface area contributed by atoms with E-state index in [0.29, 0.717) is 0 Å². The molecule has 1 rings (SSSR count). The van der Waals surface area contributed by atoms with Crippen LogP contribution in [0.5, 0.6) is 0 Å². The normalized spacial score (nSPS) is 12.9. The molecule has 90 valence electrons. The lowest BCUT2D eigenvalue weighted by atomic mass is 9.81. The van der Waals surface area contributed by atoms with Gasteiger partial charge in [0.15, 0.2) is 0 Å². The molecule has 0 unspecified atom stereocenters. The molecule has 0 heterocycles. The van der Waals surface area contributed by atoms with Crippen molar-refractivity contribution in [2.45, 2.75) is 19.8 Å². The van der Waals surface area contributed by atoms with Crippen LogP contribution in [0.25, 0.3) is 0 Å². The monoisotopic (exact) mass is 251 g/mol. The van der Waals surface area contributed by atoms with E-state index in [2.05, 4.69) is 0 Å². The van der Waals surface area contributed by atoms with Gasteiger partial charge in [-0.15, -0.1) is 0 Å². The minimum Gasteiger partial charge on any atom is -0.330 e. The van der Waals surface area contributed by atoms with Crippen LogP contribution in [0.1, 0.15) is 19.4 Å². The van der Waals surface area contributed by atoms with Gasteiger partial charge in [-0.05, 0) is 18.2 Å². The second kappa shape index (κ2) is 4.26. The Morgan fingerprint density at radius 2 is 1.88 bits per heavy atom. The van der Waals surface area contributed by atoms with Crippen molar-refractivity contribution >= 4 is 11.6 Å². The van der Waals surface area contributed by atoms with E-state index in [1.54, 1.807) is 0 Å². The third-order valence-corrected chi connectivity index (χ3v) is 2.86. The highest BCUT2D eigenvalue weighted by Gasteiger charge is 2.48. The third kappa shape index (κ3) is 2.18. The summed E-state index contributed by atoms with van der Waals surface area (Å²) in [6, 6.07) is 3.10. The highest BCUT2D eigenvalue weighted by molar-refractivity contribution is 6.30. The van der Waals surface area contributed by atoms with Crippen LogP contribution in [0.4, 0.5) is 13.2 Å². The second-order valence-corrected chi connectivity index (χ2v) is 4.72. The molecule has 0 aliphatic rings. The minimum atomic E-state index is -3.36. The summed E-state index contributed by atoms with van der Waals surface area (Å²) >= 11 is 5.58. The average molecular weight is 252 g/mol. The molecule has 1 aromatic carbocycles. The molecule has 0 saturated carbocycles. The summed E-state index contributed by atoms with van der Waals surface area (Å²) in [6.07, 6.45) is 0. The quantitative estimate of drug-likeness (QED) is 0.873. The number of nitrogens with two attached hydrogens (primary N) is 1. The Morgan fingerprint density at radius 1 is 1.31 bits per heavy atom. The first-order valence-corrected chi connectivity index (χ1v) is 5.13. The van der Waals surface area contributed by atoms with Gasteiger partial charge >= 0.3 is 0 Å². The van der Waals surface area contributed by atoms with E-state index in [4.69, 9.17) is 17.3 Å². The van der Waals surface area contributed by atoms with E-state index in [1.807, 2.05) is 0 Å². The van der Waals surface area contributed by atoms with Gasteiger partial charge in [0.05, 0.1) is 5.56 Å². The van der Waals surface area contributed by atoms with Crippen LogP contribution in [0.15, 0.2) is 18.2 Å². The lowest BCUT2D eigenvalue weighted by Gasteiger charge is -2.33. The van der Waals surface area contributed by atoms with Gasteiger partial charge in [-0.3, -0.25) is 0 Å². The summed E-state index contributed by atoms with van der Waals surface area (Å²) in [4.78, 5) is 0. The van der Waals surface area contributed by atoms with E-state index in [0.717, 1.165) is 12.1 Å². The Kier molecular flexibility index (Phi) is 3.55. The average Bonchev–Trinajstić information content (AvgIpc) is 2.21. The van der Waals surface area contributed by atoms with Crippen LogP contribution in [-0.2, 0) is 5.92 Å². The summed E-state index contributed by atoms with van der Waals surface area (Å²) in [5.41, 5.74) is 3.04. The number of rotatable bonds is 3. The topological polar surface area (TPSA) is 26.0 Å². The lowest BCUT2D eigenvalue weighted by molar-refractivity contribution is -0.111. The Balaban J connectivity index is 3.31. The van der Waals surface area contributed by atoms with Gasteiger partial charge in [0.2, 0.25) is 0 Å². The molecule has 0 atom stereocenters. The predicted octanol–water partition coefficient (Wildman–Crippen LogP) is 3.56.